The standard InChI is InChI=1S/C6H11NO4S/c1-4-5(6(8)7-2)11-3-12(4,9)10/h4-5H,3H2,1-2H3,(H,7,8). The van der Waals surface area contributed by atoms with Crippen molar-refractivity contribution in [1.29, 1.82) is 0 Å². The van der Waals surface area contributed by atoms with E-state index in [1.165, 1.54) is 14.0 Å². The van der Waals surface area contributed by atoms with Gasteiger partial charge in [0.25, 0.3) is 0 Å². The summed E-state index contributed by atoms with van der Waals surface area (Å²) >= 11 is 0. The highest BCUT2D eigenvalue weighted by Gasteiger charge is 2.41. The first-order valence-corrected chi connectivity index (χ1v) is 5.25. The zero-order valence-electron chi connectivity index (χ0n) is 6.90. The smallest absolute Gasteiger partial charge is 0.250 e. The summed E-state index contributed by atoms with van der Waals surface area (Å²) in [6.07, 6.45) is -0.847. The minimum Gasteiger partial charge on any atom is -0.357 e. The number of hydrogen-bond acceptors (Lipinski definition) is 4. The van der Waals surface area contributed by atoms with Gasteiger partial charge in [-0.25, -0.2) is 8.42 Å². The van der Waals surface area contributed by atoms with Gasteiger partial charge in [0.1, 0.15) is 5.94 Å². The van der Waals surface area contributed by atoms with Crippen LogP contribution in [0.25, 0.3) is 0 Å². The molecule has 1 amide bonds. The van der Waals surface area contributed by atoms with Gasteiger partial charge in [-0.1, -0.05) is 0 Å². The van der Waals surface area contributed by atoms with Crippen molar-refractivity contribution in [3.05, 3.63) is 0 Å². The van der Waals surface area contributed by atoms with E-state index < -0.39 is 21.2 Å². The van der Waals surface area contributed by atoms with Gasteiger partial charge in [-0.2, -0.15) is 0 Å². The minimum atomic E-state index is -3.21. The summed E-state index contributed by atoms with van der Waals surface area (Å²) in [5.41, 5.74) is 0. The Balaban J connectivity index is 2.81. The van der Waals surface area contributed by atoms with Crippen molar-refractivity contribution in [2.75, 3.05) is 13.0 Å². The second kappa shape index (κ2) is 3.02. The average Bonchev–Trinajstić information content (AvgIpc) is 2.27. The molecule has 2 unspecified atom stereocenters. The lowest BCUT2D eigenvalue weighted by atomic mass is 10.2. The van der Waals surface area contributed by atoms with Crippen molar-refractivity contribution >= 4 is 15.7 Å². The van der Waals surface area contributed by atoms with Crippen LogP contribution < -0.4 is 5.32 Å². The first-order valence-electron chi connectivity index (χ1n) is 3.54. The molecule has 0 spiro atoms. The Morgan fingerprint density at radius 3 is 2.50 bits per heavy atom. The zero-order valence-corrected chi connectivity index (χ0v) is 7.72. The molecule has 1 aliphatic heterocycles. The highest BCUT2D eigenvalue weighted by molar-refractivity contribution is 7.92. The molecule has 1 aliphatic rings. The molecule has 70 valence electrons. The van der Waals surface area contributed by atoms with Crippen molar-refractivity contribution in [1.82, 2.24) is 5.32 Å². The SMILES string of the molecule is CNC(=O)C1OCS(=O)(=O)C1C. The Hall–Kier alpha value is -0.620. The molecule has 2 atom stereocenters. The molecule has 1 saturated heterocycles. The van der Waals surface area contributed by atoms with Gasteiger partial charge in [-0.15, -0.1) is 0 Å². The van der Waals surface area contributed by atoms with Gasteiger partial charge in [0.15, 0.2) is 15.9 Å². The van der Waals surface area contributed by atoms with Crippen LogP contribution in [0.5, 0.6) is 0 Å². The van der Waals surface area contributed by atoms with Crippen molar-refractivity contribution < 1.29 is 17.9 Å². The molecule has 0 saturated carbocycles. The van der Waals surface area contributed by atoms with Crippen molar-refractivity contribution in [3.63, 3.8) is 0 Å². The van der Waals surface area contributed by atoms with Crippen molar-refractivity contribution in [2.24, 2.45) is 0 Å². The first-order chi connectivity index (χ1) is 5.49. The minimum absolute atomic E-state index is 0.355. The number of sulfone groups is 1. The second-order valence-corrected chi connectivity index (χ2v) is 4.99. The largest absolute Gasteiger partial charge is 0.357 e. The fourth-order valence-corrected chi connectivity index (χ4v) is 2.16. The Bertz CT molecular complexity index is 284. The lowest BCUT2D eigenvalue weighted by molar-refractivity contribution is -0.129. The quantitative estimate of drug-likeness (QED) is 0.573. The zero-order chi connectivity index (χ0) is 9.35. The highest BCUT2D eigenvalue weighted by Crippen LogP contribution is 2.19. The fraction of sp³-hybridized carbons (Fsp3) is 0.833. The number of carbonyl (C=O) groups is 1. The van der Waals surface area contributed by atoms with Crippen LogP contribution in [0.4, 0.5) is 0 Å². The molecule has 12 heavy (non-hydrogen) atoms. The summed E-state index contributed by atoms with van der Waals surface area (Å²) in [5, 5.41) is 1.61. The summed E-state index contributed by atoms with van der Waals surface area (Å²) in [5.74, 6) is -0.740. The van der Waals surface area contributed by atoms with E-state index in [1.807, 2.05) is 0 Å². The lowest BCUT2D eigenvalue weighted by Gasteiger charge is -2.09. The van der Waals surface area contributed by atoms with Gasteiger partial charge in [-0.3, -0.25) is 4.79 Å². The summed E-state index contributed by atoms with van der Waals surface area (Å²) in [6.45, 7) is 1.47. The van der Waals surface area contributed by atoms with Crippen LogP contribution in [0.1, 0.15) is 6.92 Å². The number of nitrogens with one attached hydrogen (secondary N) is 1. The van der Waals surface area contributed by atoms with Gasteiger partial charge < -0.3 is 10.1 Å². The van der Waals surface area contributed by atoms with E-state index in [9.17, 15) is 13.2 Å². The third kappa shape index (κ3) is 1.44. The molecule has 0 aromatic heterocycles. The van der Waals surface area contributed by atoms with E-state index in [0.29, 0.717) is 0 Å². The second-order valence-electron chi connectivity index (χ2n) is 2.69. The molecule has 0 aromatic carbocycles. The number of hydrogen-bond donors (Lipinski definition) is 1. The summed E-state index contributed by atoms with van der Waals surface area (Å²) in [7, 11) is -1.76. The van der Waals surface area contributed by atoms with Crippen LogP contribution in [-0.2, 0) is 19.4 Å². The molecule has 5 nitrogen and oxygen atoms in total. The monoisotopic (exact) mass is 193 g/mol. The Morgan fingerprint density at radius 2 is 2.17 bits per heavy atom. The van der Waals surface area contributed by atoms with E-state index >= 15 is 0 Å². The van der Waals surface area contributed by atoms with E-state index in [4.69, 9.17) is 4.74 Å². The van der Waals surface area contributed by atoms with Crippen LogP contribution in [0.2, 0.25) is 0 Å². The molecule has 1 rings (SSSR count). The fourth-order valence-electron chi connectivity index (χ4n) is 1.03. The average molecular weight is 193 g/mol. The summed E-state index contributed by atoms with van der Waals surface area (Å²) < 4.78 is 27.0. The number of carbonyl (C=O) groups excluding carboxylic acids is 1. The maximum absolute atomic E-state index is 11.1. The van der Waals surface area contributed by atoms with Gasteiger partial charge in [0.05, 0.1) is 5.25 Å². The molecular weight excluding hydrogens is 182 g/mol. The number of rotatable bonds is 1. The molecule has 0 bridgehead atoms. The molecule has 0 aromatic rings. The number of ether oxygens (including phenoxy) is 1. The number of amides is 1. The van der Waals surface area contributed by atoms with Gasteiger partial charge in [-0.05, 0) is 6.92 Å². The summed E-state index contributed by atoms with van der Waals surface area (Å²) in [6, 6.07) is 0. The topological polar surface area (TPSA) is 72.5 Å². The Kier molecular flexibility index (Phi) is 2.39. The molecule has 1 N–H and O–H groups in total. The third-order valence-corrected chi connectivity index (χ3v) is 3.75. The first kappa shape index (κ1) is 9.47. The van der Waals surface area contributed by atoms with Crippen molar-refractivity contribution in [2.45, 2.75) is 18.3 Å². The van der Waals surface area contributed by atoms with Crippen LogP contribution >= 0.6 is 0 Å². The van der Waals surface area contributed by atoms with E-state index in [0.717, 1.165) is 0 Å². The molecule has 6 heteroatoms. The molecule has 0 aliphatic carbocycles. The van der Waals surface area contributed by atoms with Crippen LogP contribution in [0.15, 0.2) is 0 Å². The molecule has 0 radical (unpaired) electrons. The van der Waals surface area contributed by atoms with E-state index in [2.05, 4.69) is 5.32 Å². The highest BCUT2D eigenvalue weighted by atomic mass is 32.2. The Labute approximate surface area is 71.0 Å². The normalized spacial score (nSPS) is 33.2. The molecular formula is C6H11NO4S. The predicted molar refractivity (Wildman–Crippen MR) is 42.2 cm³/mol. The third-order valence-electron chi connectivity index (χ3n) is 1.91. The van der Waals surface area contributed by atoms with Crippen molar-refractivity contribution in [3.8, 4) is 0 Å². The van der Waals surface area contributed by atoms with Gasteiger partial charge >= 0.3 is 0 Å². The van der Waals surface area contributed by atoms with Crippen LogP contribution in [0.3, 0.4) is 0 Å². The predicted octanol–water partition coefficient (Wildman–Crippen LogP) is -1.11. The Morgan fingerprint density at radius 1 is 1.58 bits per heavy atom. The van der Waals surface area contributed by atoms with Gasteiger partial charge in [0.2, 0.25) is 5.91 Å². The molecule has 1 fully saturated rings. The van der Waals surface area contributed by atoms with E-state index in [-0.39, 0.29) is 11.8 Å². The van der Waals surface area contributed by atoms with Crippen LogP contribution in [0, 0.1) is 0 Å². The molecule has 1 heterocycles. The van der Waals surface area contributed by atoms with Crippen LogP contribution in [-0.4, -0.2) is 38.7 Å². The lowest BCUT2D eigenvalue weighted by Crippen LogP contribution is -2.38. The van der Waals surface area contributed by atoms with E-state index in [1.54, 1.807) is 0 Å². The maximum Gasteiger partial charge on any atom is 0.250 e. The van der Waals surface area contributed by atoms with Gasteiger partial charge in [0, 0.05) is 7.05 Å². The summed E-state index contributed by atoms with van der Waals surface area (Å²) in [4.78, 5) is 11.0. The maximum atomic E-state index is 11.1. The number of likely N-dealkylation sites (N-methyl/N-ethyl adjacent to an activating group) is 1.